The third-order valence-electron chi connectivity index (χ3n) is 3.26. The zero-order valence-corrected chi connectivity index (χ0v) is 13.1. The van der Waals surface area contributed by atoms with Crippen molar-refractivity contribution in [3.8, 4) is 0 Å². The van der Waals surface area contributed by atoms with Gasteiger partial charge in [-0.2, -0.15) is 11.8 Å². The summed E-state index contributed by atoms with van der Waals surface area (Å²) in [5.41, 5.74) is 2.66. The molecule has 0 atom stereocenters. The summed E-state index contributed by atoms with van der Waals surface area (Å²) in [4.78, 5) is 9.51. The Bertz CT molecular complexity index is 418. The van der Waals surface area contributed by atoms with E-state index in [-0.39, 0.29) is 0 Å². The summed E-state index contributed by atoms with van der Waals surface area (Å²) < 4.78 is 0. The predicted molar refractivity (Wildman–Crippen MR) is 83.8 cm³/mol. The molecule has 1 aromatic rings. The Hall–Kier alpha value is -0.770. The maximum Gasteiger partial charge on any atom is 0.140 e. The van der Waals surface area contributed by atoms with E-state index in [2.05, 4.69) is 26.1 Å². The van der Waals surface area contributed by atoms with Crippen LogP contribution in [0.5, 0.6) is 0 Å². The van der Waals surface area contributed by atoms with E-state index in [9.17, 15) is 0 Å². The minimum absolute atomic E-state index is 0.732. The molecule has 0 radical (unpaired) electrons. The van der Waals surface area contributed by atoms with Gasteiger partial charge in [-0.1, -0.05) is 13.8 Å². The normalized spacial score (nSPS) is 14.5. The van der Waals surface area contributed by atoms with Gasteiger partial charge in [0.1, 0.15) is 11.6 Å². The smallest absolute Gasteiger partial charge is 0.140 e. The number of thioether (sulfide) groups is 1. The molecule has 1 N–H and O–H groups in total. The highest BCUT2D eigenvalue weighted by molar-refractivity contribution is 7.98. The SMILES string of the molecule is CCNc1nc(CSCC(C)C)nc2c1CCCC2. The first kappa shape index (κ1) is 14.6. The van der Waals surface area contributed by atoms with Gasteiger partial charge in [0, 0.05) is 17.8 Å². The lowest BCUT2D eigenvalue weighted by Gasteiger charge is -2.19. The minimum Gasteiger partial charge on any atom is -0.370 e. The largest absolute Gasteiger partial charge is 0.370 e. The van der Waals surface area contributed by atoms with Gasteiger partial charge >= 0.3 is 0 Å². The van der Waals surface area contributed by atoms with Crippen molar-refractivity contribution < 1.29 is 0 Å². The molecule has 0 spiro atoms. The molecule has 1 heterocycles. The van der Waals surface area contributed by atoms with Crippen LogP contribution in [0.3, 0.4) is 0 Å². The van der Waals surface area contributed by atoms with Crippen molar-refractivity contribution in [3.05, 3.63) is 17.1 Å². The number of hydrogen-bond acceptors (Lipinski definition) is 4. The quantitative estimate of drug-likeness (QED) is 0.862. The molecule has 3 nitrogen and oxygen atoms in total. The predicted octanol–water partition coefficient (Wildman–Crippen LogP) is 3.68. The average molecular weight is 279 g/mol. The summed E-state index contributed by atoms with van der Waals surface area (Å²) in [6.45, 7) is 7.57. The number of fused-ring (bicyclic) bond motifs is 1. The molecule has 106 valence electrons. The summed E-state index contributed by atoms with van der Waals surface area (Å²) in [5, 5.41) is 3.41. The van der Waals surface area contributed by atoms with Crippen LogP contribution < -0.4 is 5.32 Å². The van der Waals surface area contributed by atoms with Crippen LogP contribution in [-0.4, -0.2) is 22.3 Å². The van der Waals surface area contributed by atoms with Gasteiger partial charge in [-0.3, -0.25) is 0 Å². The molecular weight excluding hydrogens is 254 g/mol. The van der Waals surface area contributed by atoms with Crippen LogP contribution in [0.1, 0.15) is 50.7 Å². The summed E-state index contributed by atoms with van der Waals surface area (Å²) in [7, 11) is 0. The van der Waals surface area contributed by atoms with Crippen LogP contribution in [0.15, 0.2) is 0 Å². The standard InChI is InChI=1S/C15H25N3S/c1-4-16-15-12-7-5-6-8-13(12)17-14(18-15)10-19-9-11(2)3/h11H,4-10H2,1-3H3,(H,16,17,18). The van der Waals surface area contributed by atoms with Gasteiger partial charge in [0.2, 0.25) is 0 Å². The first-order valence-corrected chi connectivity index (χ1v) is 8.56. The van der Waals surface area contributed by atoms with Crippen molar-refractivity contribution in [2.45, 2.75) is 52.2 Å². The lowest BCUT2D eigenvalue weighted by Crippen LogP contribution is -2.14. The molecule has 0 saturated heterocycles. The third-order valence-corrected chi connectivity index (χ3v) is 4.62. The monoisotopic (exact) mass is 279 g/mol. The molecule has 0 amide bonds. The van der Waals surface area contributed by atoms with Crippen molar-refractivity contribution in [3.63, 3.8) is 0 Å². The van der Waals surface area contributed by atoms with E-state index in [0.717, 1.165) is 42.7 Å². The molecule has 1 aliphatic rings. The van der Waals surface area contributed by atoms with Gasteiger partial charge in [0.25, 0.3) is 0 Å². The first-order chi connectivity index (χ1) is 9.20. The van der Waals surface area contributed by atoms with Gasteiger partial charge < -0.3 is 5.32 Å². The van der Waals surface area contributed by atoms with Gasteiger partial charge in [-0.25, -0.2) is 9.97 Å². The van der Waals surface area contributed by atoms with Gasteiger partial charge in [0.15, 0.2) is 0 Å². The highest BCUT2D eigenvalue weighted by Crippen LogP contribution is 2.26. The molecule has 0 saturated carbocycles. The van der Waals surface area contributed by atoms with Gasteiger partial charge in [-0.05, 0) is 44.3 Å². The second kappa shape index (κ2) is 7.13. The molecule has 0 aromatic carbocycles. The van der Waals surface area contributed by atoms with Crippen LogP contribution in [0.25, 0.3) is 0 Å². The van der Waals surface area contributed by atoms with Crippen LogP contribution >= 0.6 is 11.8 Å². The van der Waals surface area contributed by atoms with Crippen molar-refractivity contribution in [2.75, 3.05) is 17.6 Å². The van der Waals surface area contributed by atoms with E-state index in [1.165, 1.54) is 29.9 Å². The number of nitrogens with zero attached hydrogens (tertiary/aromatic N) is 2. The van der Waals surface area contributed by atoms with E-state index in [4.69, 9.17) is 9.97 Å². The highest BCUT2D eigenvalue weighted by atomic mass is 32.2. The fourth-order valence-corrected chi connectivity index (χ4v) is 3.31. The van der Waals surface area contributed by atoms with Gasteiger partial charge in [0.05, 0.1) is 5.75 Å². The van der Waals surface area contributed by atoms with Crippen LogP contribution in [-0.2, 0) is 18.6 Å². The van der Waals surface area contributed by atoms with Crippen molar-refractivity contribution >= 4 is 17.6 Å². The molecule has 0 fully saturated rings. The summed E-state index contributed by atoms with van der Waals surface area (Å²) in [5.74, 6) is 4.94. The van der Waals surface area contributed by atoms with E-state index >= 15 is 0 Å². The fourth-order valence-electron chi connectivity index (χ4n) is 2.41. The van der Waals surface area contributed by atoms with Crippen molar-refractivity contribution in [2.24, 2.45) is 5.92 Å². The molecule has 0 bridgehead atoms. The van der Waals surface area contributed by atoms with Crippen molar-refractivity contribution in [1.29, 1.82) is 0 Å². The Morgan fingerprint density at radius 3 is 2.74 bits per heavy atom. The summed E-state index contributed by atoms with van der Waals surface area (Å²) >= 11 is 1.94. The molecule has 1 aliphatic carbocycles. The van der Waals surface area contributed by atoms with Gasteiger partial charge in [-0.15, -0.1) is 0 Å². The number of aryl methyl sites for hydroxylation is 1. The Labute approximate surface area is 121 Å². The van der Waals surface area contributed by atoms with E-state index in [0.29, 0.717) is 0 Å². The Morgan fingerprint density at radius 2 is 2.00 bits per heavy atom. The van der Waals surface area contributed by atoms with E-state index in [1.807, 2.05) is 11.8 Å². The molecule has 19 heavy (non-hydrogen) atoms. The molecule has 0 aliphatic heterocycles. The Morgan fingerprint density at radius 1 is 1.21 bits per heavy atom. The molecule has 2 rings (SSSR count). The zero-order valence-electron chi connectivity index (χ0n) is 12.3. The number of nitrogens with one attached hydrogen (secondary N) is 1. The lowest BCUT2D eigenvalue weighted by molar-refractivity contribution is 0.659. The van der Waals surface area contributed by atoms with Crippen LogP contribution in [0, 0.1) is 5.92 Å². The Kier molecular flexibility index (Phi) is 5.49. The molecule has 1 aromatic heterocycles. The number of hydrogen-bond donors (Lipinski definition) is 1. The summed E-state index contributed by atoms with van der Waals surface area (Å²) in [6, 6.07) is 0. The number of anilines is 1. The third kappa shape index (κ3) is 4.10. The number of aromatic nitrogens is 2. The maximum absolute atomic E-state index is 4.78. The number of rotatable bonds is 6. The second-order valence-electron chi connectivity index (χ2n) is 5.56. The first-order valence-electron chi connectivity index (χ1n) is 7.41. The minimum atomic E-state index is 0.732. The lowest BCUT2D eigenvalue weighted by atomic mass is 9.96. The van der Waals surface area contributed by atoms with E-state index < -0.39 is 0 Å². The highest BCUT2D eigenvalue weighted by Gasteiger charge is 2.17. The molecular formula is C15H25N3S. The maximum atomic E-state index is 4.78. The van der Waals surface area contributed by atoms with E-state index in [1.54, 1.807) is 0 Å². The topological polar surface area (TPSA) is 37.8 Å². The van der Waals surface area contributed by atoms with Crippen LogP contribution in [0.2, 0.25) is 0 Å². The second-order valence-corrected chi connectivity index (χ2v) is 6.59. The molecule has 0 unspecified atom stereocenters. The summed E-state index contributed by atoms with van der Waals surface area (Å²) in [6.07, 6.45) is 4.81. The van der Waals surface area contributed by atoms with Crippen LogP contribution in [0.4, 0.5) is 5.82 Å². The fraction of sp³-hybridized carbons (Fsp3) is 0.733. The Balaban J connectivity index is 2.13. The van der Waals surface area contributed by atoms with Crippen molar-refractivity contribution in [1.82, 2.24) is 9.97 Å². The zero-order chi connectivity index (χ0) is 13.7. The molecule has 4 heteroatoms. The average Bonchev–Trinajstić information content (AvgIpc) is 2.39.